The molecule has 0 bridgehead atoms. The Morgan fingerprint density at radius 2 is 1.85 bits per heavy atom. The fraction of sp³-hybridized carbons (Fsp3) is 0.450. The van der Waals surface area contributed by atoms with Crippen LogP contribution < -0.4 is 10.1 Å². The molecule has 0 fully saturated rings. The van der Waals surface area contributed by atoms with Crippen molar-refractivity contribution in [1.29, 1.82) is 0 Å². The molecule has 1 aromatic heterocycles. The molecule has 7 heteroatoms. The van der Waals surface area contributed by atoms with Crippen molar-refractivity contribution in [3.8, 4) is 5.75 Å². The number of hydrogen-bond donors (Lipinski definition) is 1. The lowest BCUT2D eigenvalue weighted by atomic mass is 10.1. The molecule has 2 rings (SSSR count). The number of carbonyl (C=O) groups is 2. The minimum atomic E-state index is -0.312. The molecular formula is C20H27N3O4. The molecule has 7 nitrogen and oxygen atoms in total. The molecule has 2 amide bonds. The summed E-state index contributed by atoms with van der Waals surface area (Å²) in [6.45, 7) is 5.28. The van der Waals surface area contributed by atoms with Gasteiger partial charge in [0.2, 0.25) is 5.91 Å². The summed E-state index contributed by atoms with van der Waals surface area (Å²) in [5.41, 5.74) is 0.531. The van der Waals surface area contributed by atoms with Crippen molar-refractivity contribution in [1.82, 2.24) is 10.1 Å². The molecule has 1 aromatic carbocycles. The molecule has 146 valence electrons. The second-order valence-electron chi connectivity index (χ2n) is 6.24. The van der Waals surface area contributed by atoms with E-state index in [4.69, 9.17) is 9.26 Å². The quantitative estimate of drug-likeness (QED) is 0.607. The van der Waals surface area contributed by atoms with E-state index >= 15 is 0 Å². The molecule has 0 saturated heterocycles. The highest BCUT2D eigenvalue weighted by molar-refractivity contribution is 5.99. The van der Waals surface area contributed by atoms with Gasteiger partial charge < -0.3 is 19.5 Å². The topological polar surface area (TPSA) is 84.7 Å². The fourth-order valence-corrected chi connectivity index (χ4v) is 2.44. The van der Waals surface area contributed by atoms with Crippen LogP contribution in [0.3, 0.4) is 0 Å². The van der Waals surface area contributed by atoms with Crippen molar-refractivity contribution in [2.45, 2.75) is 39.5 Å². The monoisotopic (exact) mass is 373 g/mol. The number of carbonyl (C=O) groups excluding carboxylic acids is 2. The third-order valence-corrected chi connectivity index (χ3v) is 3.98. The molecule has 27 heavy (non-hydrogen) atoms. The van der Waals surface area contributed by atoms with E-state index in [9.17, 15) is 9.59 Å². The average molecular weight is 373 g/mol. The van der Waals surface area contributed by atoms with Gasteiger partial charge in [-0.1, -0.05) is 31.8 Å². The van der Waals surface area contributed by atoms with Gasteiger partial charge in [-0.15, -0.1) is 0 Å². The van der Waals surface area contributed by atoms with Crippen LogP contribution in [0, 0.1) is 0 Å². The van der Waals surface area contributed by atoms with Gasteiger partial charge in [-0.2, -0.15) is 0 Å². The lowest BCUT2D eigenvalue weighted by molar-refractivity contribution is -0.117. The summed E-state index contributed by atoms with van der Waals surface area (Å²) in [4.78, 5) is 26.6. The maximum absolute atomic E-state index is 12.8. The Morgan fingerprint density at radius 3 is 2.48 bits per heavy atom. The number of nitrogens with one attached hydrogen (secondary N) is 1. The van der Waals surface area contributed by atoms with Gasteiger partial charge in [-0.05, 0) is 37.1 Å². The molecule has 2 aromatic rings. The Bertz CT molecular complexity index is 699. The van der Waals surface area contributed by atoms with Crippen LogP contribution in [0.4, 0.5) is 5.82 Å². The lowest BCUT2D eigenvalue weighted by Gasteiger charge is -2.22. The number of nitrogens with zero attached hydrogens (tertiary/aromatic N) is 2. The summed E-state index contributed by atoms with van der Waals surface area (Å²) < 4.78 is 10.3. The molecular weight excluding hydrogens is 346 g/mol. The van der Waals surface area contributed by atoms with Gasteiger partial charge in [0.05, 0.1) is 6.61 Å². The van der Waals surface area contributed by atoms with Crippen molar-refractivity contribution in [3.63, 3.8) is 0 Å². The number of unbranched alkanes of at least 4 members (excludes halogenated alkanes) is 2. The second kappa shape index (κ2) is 11.0. The average Bonchev–Trinajstić information content (AvgIpc) is 3.18. The SMILES string of the molecule is CCCCOc1ccc(C(=O)N(CCCC)CC(=O)Nc2ccon2)cc1. The maximum Gasteiger partial charge on any atom is 0.254 e. The van der Waals surface area contributed by atoms with Crippen molar-refractivity contribution in [2.24, 2.45) is 0 Å². The molecule has 1 N–H and O–H groups in total. The van der Waals surface area contributed by atoms with E-state index < -0.39 is 0 Å². The van der Waals surface area contributed by atoms with Gasteiger partial charge in [0.15, 0.2) is 5.82 Å². The van der Waals surface area contributed by atoms with Crippen LogP contribution in [0.25, 0.3) is 0 Å². The van der Waals surface area contributed by atoms with Gasteiger partial charge in [0, 0.05) is 18.2 Å². The standard InChI is InChI=1S/C20H27N3O4/c1-3-5-12-23(15-19(24)21-18-11-14-27-22-18)20(25)16-7-9-17(10-8-16)26-13-6-4-2/h7-11,14H,3-6,12-13,15H2,1-2H3,(H,21,22,24). The van der Waals surface area contributed by atoms with Crippen molar-refractivity contribution < 1.29 is 18.8 Å². The Labute approximate surface area is 159 Å². The van der Waals surface area contributed by atoms with Crippen molar-refractivity contribution >= 4 is 17.6 Å². The van der Waals surface area contributed by atoms with E-state index in [-0.39, 0.29) is 18.4 Å². The normalized spacial score (nSPS) is 10.4. The van der Waals surface area contributed by atoms with Gasteiger partial charge in [0.1, 0.15) is 18.6 Å². The zero-order chi connectivity index (χ0) is 19.5. The number of rotatable bonds is 11. The van der Waals surface area contributed by atoms with Crippen LogP contribution in [0.2, 0.25) is 0 Å². The first-order valence-electron chi connectivity index (χ1n) is 9.36. The molecule has 0 unspecified atom stereocenters. The molecule has 1 heterocycles. The third kappa shape index (κ3) is 6.77. The van der Waals surface area contributed by atoms with Crippen LogP contribution in [-0.2, 0) is 4.79 Å². The highest BCUT2D eigenvalue weighted by Gasteiger charge is 2.19. The number of benzene rings is 1. The number of amides is 2. The Hall–Kier alpha value is -2.83. The summed E-state index contributed by atoms with van der Waals surface area (Å²) in [5, 5.41) is 6.26. The van der Waals surface area contributed by atoms with Crippen LogP contribution in [0.1, 0.15) is 49.9 Å². The highest BCUT2D eigenvalue weighted by Crippen LogP contribution is 2.15. The molecule has 0 radical (unpaired) electrons. The summed E-state index contributed by atoms with van der Waals surface area (Å²) in [6, 6.07) is 8.59. The van der Waals surface area contributed by atoms with E-state index in [1.54, 1.807) is 35.2 Å². The van der Waals surface area contributed by atoms with Crippen molar-refractivity contribution in [2.75, 3.05) is 25.0 Å². The second-order valence-corrected chi connectivity index (χ2v) is 6.24. The highest BCUT2D eigenvalue weighted by atomic mass is 16.5. The fourth-order valence-electron chi connectivity index (χ4n) is 2.44. The van der Waals surface area contributed by atoms with E-state index in [2.05, 4.69) is 17.4 Å². The van der Waals surface area contributed by atoms with E-state index in [0.29, 0.717) is 24.5 Å². The summed E-state index contributed by atoms with van der Waals surface area (Å²) >= 11 is 0. The van der Waals surface area contributed by atoms with Gasteiger partial charge in [-0.3, -0.25) is 9.59 Å². The van der Waals surface area contributed by atoms with E-state index in [0.717, 1.165) is 31.4 Å². The Kier molecular flexibility index (Phi) is 8.35. The van der Waals surface area contributed by atoms with Gasteiger partial charge >= 0.3 is 0 Å². The first-order chi connectivity index (χ1) is 13.1. The van der Waals surface area contributed by atoms with Crippen molar-refractivity contribution in [3.05, 3.63) is 42.2 Å². The number of aromatic nitrogens is 1. The maximum atomic E-state index is 12.8. The minimum Gasteiger partial charge on any atom is -0.494 e. The molecule has 0 aliphatic carbocycles. The molecule has 0 aliphatic rings. The lowest BCUT2D eigenvalue weighted by Crippen LogP contribution is -2.38. The molecule has 0 aliphatic heterocycles. The molecule has 0 atom stereocenters. The molecule has 0 saturated carbocycles. The van der Waals surface area contributed by atoms with Crippen LogP contribution in [0.15, 0.2) is 41.1 Å². The first kappa shape index (κ1) is 20.5. The summed E-state index contributed by atoms with van der Waals surface area (Å²) in [7, 11) is 0. The van der Waals surface area contributed by atoms with Crippen LogP contribution >= 0.6 is 0 Å². The zero-order valence-corrected chi connectivity index (χ0v) is 15.9. The van der Waals surface area contributed by atoms with Gasteiger partial charge in [0.25, 0.3) is 5.91 Å². The first-order valence-corrected chi connectivity index (χ1v) is 9.36. The third-order valence-electron chi connectivity index (χ3n) is 3.98. The number of hydrogen-bond acceptors (Lipinski definition) is 5. The minimum absolute atomic E-state index is 0.0412. The van der Waals surface area contributed by atoms with Gasteiger partial charge in [-0.25, -0.2) is 0 Å². The van der Waals surface area contributed by atoms with E-state index in [1.807, 2.05) is 6.92 Å². The smallest absolute Gasteiger partial charge is 0.254 e. The summed E-state index contributed by atoms with van der Waals surface area (Å²) in [6.07, 6.45) is 5.19. The summed E-state index contributed by atoms with van der Waals surface area (Å²) in [5.74, 6) is 0.576. The predicted molar refractivity (Wildman–Crippen MR) is 103 cm³/mol. The number of ether oxygens (including phenoxy) is 1. The number of anilines is 1. The van der Waals surface area contributed by atoms with Crippen LogP contribution in [0.5, 0.6) is 5.75 Å². The van der Waals surface area contributed by atoms with Crippen LogP contribution in [-0.4, -0.2) is 41.6 Å². The zero-order valence-electron chi connectivity index (χ0n) is 15.9. The van der Waals surface area contributed by atoms with E-state index in [1.165, 1.54) is 6.26 Å². The Balaban J connectivity index is 1.99. The molecule has 0 spiro atoms. The Morgan fingerprint density at radius 1 is 1.11 bits per heavy atom. The largest absolute Gasteiger partial charge is 0.494 e. The predicted octanol–water partition coefficient (Wildman–Crippen LogP) is 3.73.